The van der Waals surface area contributed by atoms with Gasteiger partial charge >= 0.3 is 24.7 Å². The summed E-state index contributed by atoms with van der Waals surface area (Å²) in [5.41, 5.74) is -6.14. The highest BCUT2D eigenvalue weighted by molar-refractivity contribution is 7.43. The van der Waals surface area contributed by atoms with E-state index in [2.05, 4.69) is 22.2 Å². The van der Waals surface area contributed by atoms with E-state index >= 15 is 0 Å². The number of hydrogen-bond donors (Lipinski definition) is 0. The van der Waals surface area contributed by atoms with E-state index in [9.17, 15) is 34.8 Å². The van der Waals surface area contributed by atoms with E-state index in [1.54, 1.807) is 0 Å². The van der Waals surface area contributed by atoms with Crippen LogP contribution < -0.4 is 0 Å². The minimum Gasteiger partial charge on any atom is -0.265 e. The van der Waals surface area contributed by atoms with Crippen LogP contribution in [-0.2, 0) is 0 Å². The van der Waals surface area contributed by atoms with E-state index in [4.69, 9.17) is 0 Å². The van der Waals surface area contributed by atoms with Gasteiger partial charge in [0.05, 0.1) is 0 Å². The molecule has 0 amide bonds. The number of rotatable bonds is 2. The second-order valence-corrected chi connectivity index (χ2v) is 7.47. The summed E-state index contributed by atoms with van der Waals surface area (Å²) in [6.07, 6.45) is -6.62. The molecule has 0 aromatic rings. The smallest absolute Gasteiger partial charge is 0.265 e. The van der Waals surface area contributed by atoms with Gasteiger partial charge in [-0.05, 0) is 0 Å². The summed E-state index contributed by atoms with van der Waals surface area (Å²) in [7, 11) is -6.49. The zero-order chi connectivity index (χ0) is 12.0. The van der Waals surface area contributed by atoms with Crippen molar-refractivity contribution in [1.29, 1.82) is 0 Å². The van der Waals surface area contributed by atoms with Crippen LogP contribution in [0.3, 0.4) is 0 Å². The number of hydrogen-bond acceptors (Lipinski definition) is 0. The van der Waals surface area contributed by atoms with Gasteiger partial charge in [-0.1, -0.05) is 0 Å². The van der Waals surface area contributed by atoms with Gasteiger partial charge in [0.15, 0.2) is 0 Å². The van der Waals surface area contributed by atoms with Crippen LogP contribution >= 0.6 is 22.2 Å². The van der Waals surface area contributed by atoms with Crippen molar-refractivity contribution < 1.29 is 34.8 Å². The number of alkyl halides is 7. The Bertz CT molecular complexity index is 192. The normalized spacial score (nSPS) is 15.9. The first-order valence-corrected chi connectivity index (χ1v) is 6.54. The van der Waals surface area contributed by atoms with E-state index in [0.717, 1.165) is 0 Å². The van der Waals surface area contributed by atoms with Crippen molar-refractivity contribution in [3.8, 4) is 0 Å². The second-order valence-electron chi connectivity index (χ2n) is 2.14. The van der Waals surface area contributed by atoms with Crippen molar-refractivity contribution in [1.82, 2.24) is 0 Å². The van der Waals surface area contributed by atoms with Crippen LogP contribution in [0.25, 0.3) is 0 Å². The molecule has 0 unspecified atom stereocenters. The largest absolute Gasteiger partial charge is 0.511 e. The Hall–Kier alpha value is 0.237. The van der Waals surface area contributed by atoms with Crippen LogP contribution in [0.1, 0.15) is 0 Å². The van der Waals surface area contributed by atoms with Crippen molar-refractivity contribution in [2.24, 2.45) is 0 Å². The second kappa shape index (κ2) is 3.37. The lowest BCUT2D eigenvalue weighted by Gasteiger charge is -2.29. The first-order valence-electron chi connectivity index (χ1n) is 2.64. The molecule has 14 heavy (non-hydrogen) atoms. The highest BCUT2D eigenvalue weighted by Crippen LogP contribution is 2.52. The monoisotopic (exact) mass is 286 g/mol. The van der Waals surface area contributed by atoms with E-state index in [1.165, 1.54) is 0 Å². The summed E-state index contributed by atoms with van der Waals surface area (Å²) in [6.45, 7) is 0. The third-order valence-corrected chi connectivity index (χ3v) is 3.56. The average Bonchev–Trinajstić information content (AvgIpc) is 1.81. The molecule has 0 aliphatic rings. The molecule has 0 aromatic heterocycles. The summed E-state index contributed by atoms with van der Waals surface area (Å²) in [6, 6.07) is 0. The third-order valence-electron chi connectivity index (χ3n) is 1.11. The van der Waals surface area contributed by atoms with Crippen LogP contribution in [0, 0.1) is 0 Å². The molecule has 0 bridgehead atoms. The van der Waals surface area contributed by atoms with Gasteiger partial charge in [-0.15, -0.1) is 22.2 Å². The van der Waals surface area contributed by atoms with Crippen LogP contribution in [0.2, 0.25) is 0 Å². The zero-order valence-corrected chi connectivity index (χ0v) is 8.29. The molecule has 0 N–H and O–H groups in total. The highest BCUT2D eigenvalue weighted by Gasteiger charge is 2.82. The van der Waals surface area contributed by atoms with E-state index in [1.807, 2.05) is 0 Å². The molecule has 0 saturated heterocycles. The van der Waals surface area contributed by atoms with Crippen molar-refractivity contribution in [2.45, 2.75) is 17.6 Å². The Labute approximate surface area is 82.4 Å². The Morgan fingerprint density at radius 2 is 1.07 bits per heavy atom. The maximum Gasteiger partial charge on any atom is 0.511 e. The van der Waals surface area contributed by atoms with Crippen LogP contribution in [0.4, 0.5) is 34.8 Å². The minimum absolute atomic E-state index is 4.02. The predicted molar refractivity (Wildman–Crippen MR) is 34.5 cm³/mol. The van der Waals surface area contributed by atoms with Gasteiger partial charge < -0.3 is 0 Å². The van der Waals surface area contributed by atoms with Gasteiger partial charge in [0, 0.05) is 0 Å². The molecule has 0 spiro atoms. The molecule has 0 saturated carbocycles. The van der Waals surface area contributed by atoms with Gasteiger partial charge in [-0.3, -0.25) is 4.11 Å². The van der Waals surface area contributed by atoms with Crippen molar-refractivity contribution in [3.63, 3.8) is 0 Å². The zero-order valence-electron chi connectivity index (χ0n) is 5.78. The minimum atomic E-state index is -6.62. The van der Waals surface area contributed by atoms with Gasteiger partial charge in [-0.2, -0.15) is 30.7 Å². The first kappa shape index (κ1) is 14.2. The summed E-state index contributed by atoms with van der Waals surface area (Å²) < 4.78 is 94.5. The third kappa shape index (κ3) is 2.08. The topological polar surface area (TPSA) is 0 Å². The fraction of sp³-hybridized carbons (Fsp3) is 1.00. The van der Waals surface area contributed by atoms with Crippen LogP contribution in [0.5, 0.6) is 0 Å². The Morgan fingerprint density at radius 3 is 1.14 bits per heavy atom. The molecule has 0 radical (unpaired) electrons. The van der Waals surface area contributed by atoms with Crippen LogP contribution in [0.15, 0.2) is 0 Å². The molecule has 11 heteroatoms. The molecule has 0 atom stereocenters. The van der Waals surface area contributed by atoms with Gasteiger partial charge in [0.25, 0.3) is 0 Å². The van der Waals surface area contributed by atoms with Gasteiger partial charge in [-0.25, -0.2) is 0 Å². The number of halogens is 10. The molecule has 86 valence electrons. The lowest BCUT2D eigenvalue weighted by atomic mass is 10.3. The maximum atomic E-state index is 12.2. The van der Waals surface area contributed by atoms with Crippen LogP contribution in [-0.4, -0.2) is 24.7 Å². The standard InChI is InChI=1S/C3Cl2F8Si/c4-14(5,13)3(11,12)1(6,7)2(8,9)10. The van der Waals surface area contributed by atoms with E-state index < -0.39 is 24.7 Å². The fourth-order valence-corrected chi connectivity index (χ4v) is 1.57. The molecule has 0 aliphatic heterocycles. The Kier molecular flexibility index (Phi) is 3.43. The molecule has 0 nitrogen and oxygen atoms in total. The lowest BCUT2D eigenvalue weighted by molar-refractivity contribution is -0.335. The van der Waals surface area contributed by atoms with Crippen molar-refractivity contribution in [3.05, 3.63) is 0 Å². The highest BCUT2D eigenvalue weighted by atomic mass is 35.7. The summed E-state index contributed by atoms with van der Waals surface area (Å²) in [4.78, 5) is 0. The average molecular weight is 287 g/mol. The molecular weight excluding hydrogens is 287 g/mol. The predicted octanol–water partition coefficient (Wildman–Crippen LogP) is 3.74. The van der Waals surface area contributed by atoms with Gasteiger partial charge in [0.1, 0.15) is 0 Å². The molecule has 0 aromatic carbocycles. The summed E-state index contributed by atoms with van der Waals surface area (Å²) in [5, 5.41) is 0. The lowest BCUT2D eigenvalue weighted by Crippen LogP contribution is -2.61. The maximum absolute atomic E-state index is 12.2. The molecule has 0 fully saturated rings. The summed E-state index contributed by atoms with van der Waals surface area (Å²) in [5.74, 6) is -6.59. The molecule has 0 aliphatic carbocycles. The molecule has 0 heterocycles. The van der Waals surface area contributed by atoms with E-state index in [0.29, 0.717) is 0 Å². The quantitative estimate of drug-likeness (QED) is 0.412. The van der Waals surface area contributed by atoms with Crippen molar-refractivity contribution in [2.75, 3.05) is 0 Å². The molecular formula is C3Cl2F8Si. The fourth-order valence-electron chi connectivity index (χ4n) is 0.356. The summed E-state index contributed by atoms with van der Waals surface area (Å²) >= 11 is 8.05. The molecule has 0 rings (SSSR count). The Balaban J connectivity index is 5.30. The Morgan fingerprint density at radius 1 is 0.786 bits per heavy atom. The SMILES string of the molecule is FC(F)(F)C(F)(F)C(F)(F)[Si](F)(Cl)Cl. The first-order chi connectivity index (χ1) is 5.75. The van der Waals surface area contributed by atoms with E-state index in [-0.39, 0.29) is 0 Å². The van der Waals surface area contributed by atoms with Crippen molar-refractivity contribution >= 4 is 29.2 Å². The van der Waals surface area contributed by atoms with Gasteiger partial charge in [0.2, 0.25) is 0 Å².